The maximum absolute atomic E-state index is 12.8. The minimum atomic E-state index is -3.76. The number of nitrogens with zero attached hydrogens (tertiary/aromatic N) is 1. The van der Waals surface area contributed by atoms with E-state index in [0.29, 0.717) is 18.7 Å². The molecule has 23 heavy (non-hydrogen) atoms. The van der Waals surface area contributed by atoms with Crippen LogP contribution in [0.4, 0.5) is 0 Å². The van der Waals surface area contributed by atoms with Crippen LogP contribution in [-0.4, -0.2) is 43.0 Å². The summed E-state index contributed by atoms with van der Waals surface area (Å²) in [4.78, 5) is 11.0. The van der Waals surface area contributed by atoms with Crippen molar-refractivity contribution in [1.29, 1.82) is 0 Å². The molecule has 6 nitrogen and oxygen atoms in total. The summed E-state index contributed by atoms with van der Waals surface area (Å²) in [6.07, 6.45) is 1.59. The second kappa shape index (κ2) is 6.12. The molecule has 0 bridgehead atoms. The lowest BCUT2D eigenvalue weighted by Crippen LogP contribution is -2.35. The normalized spacial score (nSPS) is 21.7. The second-order valence-corrected chi connectivity index (χ2v) is 8.27. The molecule has 1 N–H and O–H groups in total. The zero-order chi connectivity index (χ0) is 16.8. The van der Waals surface area contributed by atoms with Crippen molar-refractivity contribution in [3.63, 3.8) is 0 Å². The van der Waals surface area contributed by atoms with Crippen molar-refractivity contribution in [2.75, 3.05) is 13.1 Å². The molecule has 0 aliphatic carbocycles. The van der Waals surface area contributed by atoms with Gasteiger partial charge >= 0.3 is 5.97 Å². The largest absolute Gasteiger partial charge is 0.478 e. The van der Waals surface area contributed by atoms with Gasteiger partial charge in [-0.2, -0.15) is 4.31 Å². The predicted molar refractivity (Wildman–Crippen MR) is 84.8 cm³/mol. The van der Waals surface area contributed by atoms with Gasteiger partial charge in [0.1, 0.15) is 15.7 Å². The van der Waals surface area contributed by atoms with Crippen LogP contribution in [-0.2, 0) is 21.2 Å². The van der Waals surface area contributed by atoms with E-state index >= 15 is 0 Å². The van der Waals surface area contributed by atoms with E-state index in [1.807, 2.05) is 0 Å². The minimum Gasteiger partial charge on any atom is -0.478 e. The molecule has 1 unspecified atom stereocenters. The minimum absolute atomic E-state index is 0.0523. The van der Waals surface area contributed by atoms with Gasteiger partial charge in [0.25, 0.3) is 0 Å². The monoisotopic (exact) mass is 379 g/mol. The van der Waals surface area contributed by atoms with Gasteiger partial charge in [-0.15, -0.1) is 0 Å². The average Bonchev–Trinajstić information content (AvgIpc) is 2.96. The third kappa shape index (κ3) is 2.91. The number of rotatable bonds is 3. The van der Waals surface area contributed by atoms with Gasteiger partial charge in [0.2, 0.25) is 10.0 Å². The van der Waals surface area contributed by atoms with E-state index in [9.17, 15) is 13.2 Å². The summed E-state index contributed by atoms with van der Waals surface area (Å²) in [6, 6.07) is 1.39. The number of hydrogen-bond donors (Lipinski definition) is 1. The Balaban J connectivity index is 2.04. The van der Waals surface area contributed by atoms with Gasteiger partial charge < -0.3 is 9.84 Å². The van der Waals surface area contributed by atoms with Crippen molar-refractivity contribution in [1.82, 2.24) is 4.31 Å². The van der Waals surface area contributed by atoms with Crippen LogP contribution in [0.2, 0.25) is 10.0 Å². The van der Waals surface area contributed by atoms with Gasteiger partial charge in [-0.05, 0) is 18.9 Å². The highest BCUT2D eigenvalue weighted by Gasteiger charge is 2.36. The van der Waals surface area contributed by atoms with Crippen molar-refractivity contribution in [3.8, 4) is 5.75 Å². The summed E-state index contributed by atoms with van der Waals surface area (Å²) in [7, 11) is -3.76. The molecule has 2 aliphatic heterocycles. The topological polar surface area (TPSA) is 83.9 Å². The Morgan fingerprint density at radius 3 is 2.48 bits per heavy atom. The van der Waals surface area contributed by atoms with E-state index in [2.05, 4.69) is 0 Å². The number of piperidine rings is 1. The quantitative estimate of drug-likeness (QED) is 0.872. The average molecular weight is 380 g/mol. The summed E-state index contributed by atoms with van der Waals surface area (Å²) < 4.78 is 32.3. The van der Waals surface area contributed by atoms with Crippen LogP contribution in [0.5, 0.6) is 5.75 Å². The molecule has 126 valence electrons. The fraction of sp³-hybridized carbons (Fsp3) is 0.500. The lowest BCUT2D eigenvalue weighted by atomic mass is 10.1. The Kier molecular flexibility index (Phi) is 4.48. The van der Waals surface area contributed by atoms with Crippen LogP contribution in [0.1, 0.15) is 24.8 Å². The number of aliphatic carboxylic acids is 1. The first kappa shape index (κ1) is 16.8. The van der Waals surface area contributed by atoms with E-state index in [1.54, 1.807) is 0 Å². The molecule has 1 saturated heterocycles. The first-order valence-electron chi connectivity index (χ1n) is 7.23. The van der Waals surface area contributed by atoms with Gasteiger partial charge in [-0.25, -0.2) is 13.2 Å². The Morgan fingerprint density at radius 2 is 1.87 bits per heavy atom. The smallest absolute Gasteiger partial charge is 0.345 e. The van der Waals surface area contributed by atoms with Crippen LogP contribution >= 0.6 is 23.2 Å². The number of halogens is 2. The highest BCUT2D eigenvalue weighted by atomic mass is 35.5. The summed E-state index contributed by atoms with van der Waals surface area (Å²) in [5, 5.41) is 8.88. The first-order chi connectivity index (χ1) is 10.8. The molecule has 0 amide bonds. The predicted octanol–water partition coefficient (Wildman–Crippen LogP) is 2.56. The van der Waals surface area contributed by atoms with Gasteiger partial charge in [0.05, 0.1) is 5.02 Å². The van der Waals surface area contributed by atoms with E-state index in [0.717, 1.165) is 19.3 Å². The maximum atomic E-state index is 12.8. The number of fused-ring (bicyclic) bond motifs is 1. The van der Waals surface area contributed by atoms with E-state index in [-0.39, 0.29) is 27.1 Å². The molecule has 2 aliphatic rings. The number of sulfonamides is 1. The number of benzene rings is 1. The Labute approximate surface area is 144 Å². The highest BCUT2D eigenvalue weighted by molar-refractivity contribution is 7.89. The van der Waals surface area contributed by atoms with E-state index in [1.165, 1.54) is 10.4 Å². The third-order valence-electron chi connectivity index (χ3n) is 4.08. The standard InChI is InChI=1S/C14H15Cl2NO5S/c15-11-10(23(20,21)17-4-2-1-3-5-17)7-8-6-9(14(18)19)22-13(8)12(11)16/h7,9H,1-6H2,(H,18,19). The zero-order valence-electron chi connectivity index (χ0n) is 12.1. The van der Waals surface area contributed by atoms with Crippen LogP contribution in [0.3, 0.4) is 0 Å². The number of ether oxygens (including phenoxy) is 1. The zero-order valence-corrected chi connectivity index (χ0v) is 14.4. The summed E-state index contributed by atoms with van der Waals surface area (Å²) in [5.74, 6) is -0.976. The SMILES string of the molecule is O=C(O)C1Cc2cc(S(=O)(=O)N3CCCCC3)c(Cl)c(Cl)c2O1. The molecule has 1 fully saturated rings. The van der Waals surface area contributed by atoms with Crippen molar-refractivity contribution in [3.05, 3.63) is 21.7 Å². The van der Waals surface area contributed by atoms with E-state index < -0.39 is 22.1 Å². The van der Waals surface area contributed by atoms with Gasteiger partial charge in [-0.1, -0.05) is 29.6 Å². The Bertz CT molecular complexity index is 759. The molecule has 0 aromatic heterocycles. The van der Waals surface area contributed by atoms with Crippen molar-refractivity contribution in [2.24, 2.45) is 0 Å². The molecule has 0 saturated carbocycles. The molecule has 0 spiro atoms. The third-order valence-corrected chi connectivity index (χ3v) is 6.96. The lowest BCUT2D eigenvalue weighted by molar-refractivity contribution is -0.144. The van der Waals surface area contributed by atoms with Gasteiger partial charge in [0, 0.05) is 25.1 Å². The maximum Gasteiger partial charge on any atom is 0.345 e. The Morgan fingerprint density at radius 1 is 1.22 bits per heavy atom. The second-order valence-electron chi connectivity index (χ2n) is 5.60. The number of carboxylic acid groups (broad SMARTS) is 1. The number of carbonyl (C=O) groups is 1. The fourth-order valence-electron chi connectivity index (χ4n) is 2.87. The summed E-state index contributed by atoms with van der Waals surface area (Å²) in [6.45, 7) is 0.892. The summed E-state index contributed by atoms with van der Waals surface area (Å²) in [5.41, 5.74) is 0.447. The summed E-state index contributed by atoms with van der Waals surface area (Å²) >= 11 is 12.3. The van der Waals surface area contributed by atoms with Gasteiger partial charge in [0.15, 0.2) is 6.10 Å². The fourth-order valence-corrected chi connectivity index (χ4v) is 5.26. The van der Waals surface area contributed by atoms with Crippen molar-refractivity contribution in [2.45, 2.75) is 36.7 Å². The lowest BCUT2D eigenvalue weighted by Gasteiger charge is -2.26. The number of hydrogen-bond acceptors (Lipinski definition) is 4. The Hall–Kier alpha value is -1.02. The van der Waals surface area contributed by atoms with Crippen LogP contribution in [0.25, 0.3) is 0 Å². The van der Waals surface area contributed by atoms with Crippen molar-refractivity contribution >= 4 is 39.2 Å². The van der Waals surface area contributed by atoms with Gasteiger partial charge in [-0.3, -0.25) is 0 Å². The van der Waals surface area contributed by atoms with Crippen LogP contribution in [0, 0.1) is 0 Å². The molecule has 3 rings (SSSR count). The van der Waals surface area contributed by atoms with Crippen LogP contribution < -0.4 is 4.74 Å². The molecule has 2 heterocycles. The first-order valence-corrected chi connectivity index (χ1v) is 9.42. The molecular weight excluding hydrogens is 365 g/mol. The number of carboxylic acids is 1. The molecule has 1 atom stereocenters. The molecule has 1 aromatic rings. The van der Waals surface area contributed by atoms with E-state index in [4.69, 9.17) is 33.0 Å². The molecule has 9 heteroatoms. The van der Waals surface area contributed by atoms with Crippen molar-refractivity contribution < 1.29 is 23.1 Å². The molecule has 1 aromatic carbocycles. The highest BCUT2D eigenvalue weighted by Crippen LogP contribution is 2.44. The molecule has 0 radical (unpaired) electrons. The molecular formula is C14H15Cl2NO5S. The van der Waals surface area contributed by atoms with Crippen LogP contribution in [0.15, 0.2) is 11.0 Å².